The number of nitrogens with zero attached hydrogens (tertiary/aromatic N) is 2. The van der Waals surface area contributed by atoms with Crippen molar-refractivity contribution in [2.75, 3.05) is 0 Å². The Labute approximate surface area is 200 Å². The van der Waals surface area contributed by atoms with Gasteiger partial charge < -0.3 is 0 Å². The molecule has 0 unspecified atom stereocenters. The highest BCUT2D eigenvalue weighted by Crippen LogP contribution is 2.31. The molecule has 0 aliphatic rings. The van der Waals surface area contributed by atoms with Gasteiger partial charge in [0.1, 0.15) is 5.82 Å². The van der Waals surface area contributed by atoms with Crippen molar-refractivity contribution < 1.29 is 14.0 Å². The van der Waals surface area contributed by atoms with E-state index in [2.05, 4.69) is 10.9 Å². The number of amides is 2. The van der Waals surface area contributed by atoms with E-state index in [1.165, 1.54) is 24.3 Å². The largest absolute Gasteiger partial charge is 0.269 e. The summed E-state index contributed by atoms with van der Waals surface area (Å²) in [5.74, 6) is -1.52. The zero-order chi connectivity index (χ0) is 24.2. The molecule has 0 fully saturated rings. The number of carbonyl (C=O) groups excluding carboxylic acids is 2. The molecule has 0 radical (unpaired) electrons. The fourth-order valence-electron chi connectivity index (χ4n) is 3.65. The maximum absolute atomic E-state index is 13.1. The lowest BCUT2D eigenvalue weighted by Gasteiger charge is -2.12. The second kappa shape index (κ2) is 9.52. The van der Waals surface area contributed by atoms with Crippen LogP contribution in [0.3, 0.4) is 0 Å². The quantitative estimate of drug-likeness (QED) is 0.361. The lowest BCUT2D eigenvalue weighted by molar-refractivity contribution is 0.0846. The Balaban J connectivity index is 1.46. The number of halogens is 1. The van der Waals surface area contributed by atoms with Gasteiger partial charge in [-0.25, -0.2) is 14.4 Å². The van der Waals surface area contributed by atoms with Crippen LogP contribution in [0.25, 0.3) is 33.5 Å². The minimum Gasteiger partial charge on any atom is -0.267 e. The first kappa shape index (κ1) is 21.9. The van der Waals surface area contributed by atoms with Gasteiger partial charge in [-0.15, -0.1) is 0 Å². The number of benzene rings is 4. The molecule has 0 saturated heterocycles. The van der Waals surface area contributed by atoms with Gasteiger partial charge in [-0.2, -0.15) is 0 Å². The summed E-state index contributed by atoms with van der Waals surface area (Å²) in [6.45, 7) is 0. The van der Waals surface area contributed by atoms with Gasteiger partial charge in [0.2, 0.25) is 0 Å². The van der Waals surface area contributed by atoms with Crippen LogP contribution in [0.15, 0.2) is 103 Å². The predicted molar refractivity (Wildman–Crippen MR) is 132 cm³/mol. The second-order valence-electron chi connectivity index (χ2n) is 7.77. The van der Waals surface area contributed by atoms with E-state index in [0.29, 0.717) is 22.3 Å². The first-order valence-electron chi connectivity index (χ1n) is 10.9. The van der Waals surface area contributed by atoms with Crippen LogP contribution in [0, 0.1) is 5.82 Å². The molecular weight excluding hydrogens is 443 g/mol. The fourth-order valence-corrected chi connectivity index (χ4v) is 3.65. The van der Waals surface area contributed by atoms with Crippen LogP contribution in [0.4, 0.5) is 4.39 Å². The number of hydrogen-bond acceptors (Lipinski definition) is 4. The van der Waals surface area contributed by atoms with E-state index in [0.717, 1.165) is 16.8 Å². The van der Waals surface area contributed by atoms with Gasteiger partial charge in [0.15, 0.2) is 0 Å². The highest BCUT2D eigenvalue weighted by molar-refractivity contribution is 6.01. The molecule has 0 saturated carbocycles. The zero-order valence-corrected chi connectivity index (χ0v) is 18.4. The molecular formula is C28H19FN4O2. The Morgan fingerprint density at radius 1 is 0.571 bits per heavy atom. The van der Waals surface area contributed by atoms with Gasteiger partial charge in [-0.05, 0) is 42.5 Å². The monoisotopic (exact) mass is 462 g/mol. The predicted octanol–water partition coefficient (Wildman–Crippen LogP) is 5.18. The smallest absolute Gasteiger partial charge is 0.267 e. The molecule has 35 heavy (non-hydrogen) atoms. The normalized spacial score (nSPS) is 10.7. The maximum atomic E-state index is 13.1. The average Bonchev–Trinajstić information content (AvgIpc) is 2.92. The Hall–Kier alpha value is -4.91. The molecule has 1 aromatic heterocycles. The second-order valence-corrected chi connectivity index (χ2v) is 7.77. The summed E-state index contributed by atoms with van der Waals surface area (Å²) in [5, 5.41) is 0. The van der Waals surface area contributed by atoms with Crippen molar-refractivity contribution in [2.24, 2.45) is 0 Å². The zero-order valence-electron chi connectivity index (χ0n) is 18.4. The van der Waals surface area contributed by atoms with Crippen molar-refractivity contribution in [1.82, 2.24) is 20.8 Å². The fraction of sp³-hybridized carbons (Fsp3) is 0. The van der Waals surface area contributed by atoms with Crippen molar-refractivity contribution in [2.45, 2.75) is 0 Å². The highest BCUT2D eigenvalue weighted by Gasteiger charge is 2.15. The molecule has 0 aliphatic carbocycles. The average molecular weight is 462 g/mol. The summed E-state index contributed by atoms with van der Waals surface area (Å²) in [5.41, 5.74) is 9.70. The molecule has 2 amide bonds. The number of nitrogens with one attached hydrogen (secondary N) is 2. The van der Waals surface area contributed by atoms with Crippen LogP contribution in [-0.4, -0.2) is 21.8 Å². The summed E-state index contributed by atoms with van der Waals surface area (Å²) >= 11 is 0. The van der Waals surface area contributed by atoms with Crippen molar-refractivity contribution >= 4 is 22.8 Å². The highest BCUT2D eigenvalue weighted by atomic mass is 19.1. The summed E-state index contributed by atoms with van der Waals surface area (Å²) in [6, 6.07) is 29.5. The molecule has 170 valence electrons. The van der Waals surface area contributed by atoms with Gasteiger partial charge >= 0.3 is 0 Å². The number of carbonyl (C=O) groups is 2. The topological polar surface area (TPSA) is 84.0 Å². The Morgan fingerprint density at radius 2 is 1.06 bits per heavy atom. The lowest BCUT2D eigenvalue weighted by atomic mass is 10.0. The molecule has 0 bridgehead atoms. The molecule has 1 heterocycles. The van der Waals surface area contributed by atoms with E-state index < -0.39 is 17.6 Å². The number of hydrazine groups is 1. The molecule has 0 spiro atoms. The molecule has 7 heteroatoms. The Morgan fingerprint density at radius 3 is 1.63 bits per heavy atom. The van der Waals surface area contributed by atoms with Gasteiger partial charge in [-0.1, -0.05) is 60.7 Å². The van der Waals surface area contributed by atoms with E-state index in [-0.39, 0.29) is 5.56 Å². The molecule has 5 rings (SSSR count). The van der Waals surface area contributed by atoms with Crippen LogP contribution in [-0.2, 0) is 0 Å². The van der Waals surface area contributed by atoms with Gasteiger partial charge in [-0.3, -0.25) is 20.4 Å². The van der Waals surface area contributed by atoms with Gasteiger partial charge in [0.25, 0.3) is 11.8 Å². The third-order valence-electron chi connectivity index (χ3n) is 5.42. The summed E-state index contributed by atoms with van der Waals surface area (Å²) in [4.78, 5) is 34.6. The van der Waals surface area contributed by atoms with Gasteiger partial charge in [0.05, 0.1) is 22.4 Å². The first-order chi connectivity index (χ1) is 17.1. The molecule has 6 nitrogen and oxygen atoms in total. The third-order valence-corrected chi connectivity index (χ3v) is 5.42. The van der Waals surface area contributed by atoms with E-state index in [9.17, 15) is 14.0 Å². The summed E-state index contributed by atoms with van der Waals surface area (Å²) in [7, 11) is 0. The minimum absolute atomic E-state index is 0.219. The van der Waals surface area contributed by atoms with Crippen LogP contribution < -0.4 is 10.9 Å². The molecule has 0 atom stereocenters. The van der Waals surface area contributed by atoms with E-state index in [1.54, 1.807) is 18.2 Å². The van der Waals surface area contributed by atoms with Crippen LogP contribution in [0.1, 0.15) is 20.7 Å². The van der Waals surface area contributed by atoms with Crippen molar-refractivity contribution in [3.05, 3.63) is 120 Å². The maximum Gasteiger partial charge on any atom is 0.269 e. The number of rotatable bonds is 4. The first-order valence-corrected chi connectivity index (χ1v) is 10.9. The van der Waals surface area contributed by atoms with E-state index in [4.69, 9.17) is 9.97 Å². The minimum atomic E-state index is -0.558. The Bertz CT molecular complexity index is 1520. The number of aromatic nitrogens is 2. The van der Waals surface area contributed by atoms with Crippen molar-refractivity contribution in [1.29, 1.82) is 0 Å². The van der Waals surface area contributed by atoms with E-state index >= 15 is 0 Å². The number of fused-ring (bicyclic) bond motifs is 1. The molecule has 4 aromatic carbocycles. The standard InChI is InChI=1S/C28H19FN4O2/c29-22-14-11-20(12-15-22)27(34)32-33-28(35)21-13-16-23-24(17-21)31-26(19-9-5-2-6-10-19)25(30-23)18-7-3-1-4-8-18/h1-17H,(H,32,34)(H,33,35). The molecule has 5 aromatic rings. The third kappa shape index (κ3) is 4.74. The molecule has 2 N–H and O–H groups in total. The lowest BCUT2D eigenvalue weighted by Crippen LogP contribution is -2.41. The van der Waals surface area contributed by atoms with Crippen molar-refractivity contribution in [3.63, 3.8) is 0 Å². The van der Waals surface area contributed by atoms with Crippen LogP contribution in [0.5, 0.6) is 0 Å². The van der Waals surface area contributed by atoms with Crippen molar-refractivity contribution in [3.8, 4) is 22.5 Å². The SMILES string of the molecule is O=C(NNC(=O)c1ccc2nc(-c3ccccc3)c(-c3ccccc3)nc2c1)c1ccc(F)cc1. The number of hydrogen-bond donors (Lipinski definition) is 2. The summed E-state index contributed by atoms with van der Waals surface area (Å²) < 4.78 is 13.1. The van der Waals surface area contributed by atoms with Gasteiger partial charge in [0, 0.05) is 22.3 Å². The van der Waals surface area contributed by atoms with Crippen LogP contribution in [0.2, 0.25) is 0 Å². The Kier molecular flexibility index (Phi) is 5.96. The summed E-state index contributed by atoms with van der Waals surface area (Å²) in [6.07, 6.45) is 0. The van der Waals surface area contributed by atoms with Crippen LogP contribution >= 0.6 is 0 Å². The molecule has 0 aliphatic heterocycles. The van der Waals surface area contributed by atoms with E-state index in [1.807, 2.05) is 60.7 Å².